The van der Waals surface area contributed by atoms with Crippen LogP contribution < -0.4 is 5.32 Å². The fourth-order valence-corrected chi connectivity index (χ4v) is 5.01. The number of carbonyl (C=O) groups excluding carboxylic acids is 2. The molecule has 6 nitrogen and oxygen atoms in total. The maximum atomic E-state index is 13.8. The van der Waals surface area contributed by atoms with Crippen molar-refractivity contribution in [3.63, 3.8) is 0 Å². The standard InChI is InChI=1S/C31H30N4O2/c1-23(24-11-5-2-6-12-24)34-30(37)31(27-15-9-4-10-16-27)17-19-35(20-18-31)29(36)26-21-32-28(33-22-26)25-13-7-3-8-14-25/h2-16,21-23H,17-20H2,1H3,(H,34,37). The predicted octanol–water partition coefficient (Wildman–Crippen LogP) is 5.20. The molecule has 2 amide bonds. The second-order valence-corrected chi connectivity index (χ2v) is 9.51. The van der Waals surface area contributed by atoms with Crippen LogP contribution in [-0.4, -0.2) is 39.8 Å². The van der Waals surface area contributed by atoms with Crippen molar-refractivity contribution in [3.8, 4) is 11.4 Å². The molecule has 1 N–H and O–H groups in total. The topological polar surface area (TPSA) is 75.2 Å². The Morgan fingerprint density at radius 1 is 0.811 bits per heavy atom. The Balaban J connectivity index is 1.32. The van der Waals surface area contributed by atoms with Crippen LogP contribution in [0.25, 0.3) is 11.4 Å². The summed E-state index contributed by atoms with van der Waals surface area (Å²) in [5.41, 5.74) is 2.70. The highest BCUT2D eigenvalue weighted by Crippen LogP contribution is 2.37. The van der Waals surface area contributed by atoms with Crippen molar-refractivity contribution in [2.24, 2.45) is 0 Å². The van der Waals surface area contributed by atoms with Gasteiger partial charge in [-0.25, -0.2) is 9.97 Å². The van der Waals surface area contributed by atoms with Gasteiger partial charge in [0, 0.05) is 31.0 Å². The summed E-state index contributed by atoms with van der Waals surface area (Å²) in [6.07, 6.45) is 4.26. The maximum absolute atomic E-state index is 13.8. The molecule has 1 aromatic heterocycles. The van der Waals surface area contributed by atoms with Crippen molar-refractivity contribution in [1.29, 1.82) is 0 Å². The van der Waals surface area contributed by atoms with Gasteiger partial charge in [0.2, 0.25) is 5.91 Å². The first-order chi connectivity index (χ1) is 18.1. The van der Waals surface area contributed by atoms with Crippen LogP contribution in [-0.2, 0) is 10.2 Å². The summed E-state index contributed by atoms with van der Waals surface area (Å²) < 4.78 is 0. The van der Waals surface area contributed by atoms with Gasteiger partial charge < -0.3 is 10.2 Å². The molecule has 4 aromatic rings. The smallest absolute Gasteiger partial charge is 0.256 e. The highest BCUT2D eigenvalue weighted by molar-refractivity contribution is 5.94. The Morgan fingerprint density at radius 2 is 1.35 bits per heavy atom. The van der Waals surface area contributed by atoms with E-state index < -0.39 is 5.41 Å². The highest BCUT2D eigenvalue weighted by Gasteiger charge is 2.44. The number of nitrogens with one attached hydrogen (secondary N) is 1. The number of carbonyl (C=O) groups is 2. The van der Waals surface area contributed by atoms with Crippen molar-refractivity contribution in [3.05, 3.63) is 120 Å². The molecular formula is C31H30N4O2. The average molecular weight is 491 g/mol. The number of likely N-dealkylation sites (tertiary alicyclic amines) is 1. The number of hydrogen-bond donors (Lipinski definition) is 1. The average Bonchev–Trinajstić information content (AvgIpc) is 2.98. The van der Waals surface area contributed by atoms with Crippen molar-refractivity contribution >= 4 is 11.8 Å². The minimum Gasteiger partial charge on any atom is -0.349 e. The molecule has 1 fully saturated rings. The van der Waals surface area contributed by atoms with Crippen LogP contribution in [0.4, 0.5) is 0 Å². The van der Waals surface area contributed by atoms with Crippen molar-refractivity contribution in [2.45, 2.75) is 31.2 Å². The first kappa shape index (κ1) is 24.4. The summed E-state index contributed by atoms with van der Waals surface area (Å²) >= 11 is 0. The first-order valence-electron chi connectivity index (χ1n) is 12.6. The minimum absolute atomic E-state index is 0.00213. The molecule has 0 spiro atoms. The summed E-state index contributed by atoms with van der Waals surface area (Å²) in [4.78, 5) is 37.7. The van der Waals surface area contributed by atoms with Gasteiger partial charge in [-0.1, -0.05) is 91.0 Å². The molecule has 2 heterocycles. The van der Waals surface area contributed by atoms with Gasteiger partial charge >= 0.3 is 0 Å². The van der Waals surface area contributed by atoms with Crippen LogP contribution in [0.2, 0.25) is 0 Å². The normalized spacial score (nSPS) is 15.5. The molecule has 0 radical (unpaired) electrons. The molecule has 186 valence electrons. The largest absolute Gasteiger partial charge is 0.349 e. The van der Waals surface area contributed by atoms with E-state index in [0.717, 1.165) is 16.7 Å². The van der Waals surface area contributed by atoms with Crippen LogP contribution in [0.3, 0.4) is 0 Å². The summed E-state index contributed by atoms with van der Waals surface area (Å²) in [6.45, 7) is 2.95. The number of hydrogen-bond acceptors (Lipinski definition) is 4. The van der Waals surface area contributed by atoms with Crippen LogP contribution in [0.15, 0.2) is 103 Å². The van der Waals surface area contributed by atoms with E-state index in [1.54, 1.807) is 17.3 Å². The van der Waals surface area contributed by atoms with Crippen LogP contribution in [0.1, 0.15) is 47.3 Å². The number of benzene rings is 3. The molecular weight excluding hydrogens is 460 g/mol. The molecule has 1 aliphatic heterocycles. The highest BCUT2D eigenvalue weighted by atomic mass is 16.2. The van der Waals surface area contributed by atoms with Gasteiger partial charge in [0.05, 0.1) is 17.0 Å². The Kier molecular flexibility index (Phi) is 7.08. The molecule has 1 unspecified atom stereocenters. The second kappa shape index (κ2) is 10.7. The van der Waals surface area contributed by atoms with E-state index in [0.29, 0.717) is 37.3 Å². The van der Waals surface area contributed by atoms with E-state index in [1.165, 1.54) is 0 Å². The summed E-state index contributed by atoms with van der Waals surface area (Å²) in [7, 11) is 0. The lowest BCUT2D eigenvalue weighted by molar-refractivity contribution is -0.129. The third kappa shape index (κ3) is 5.14. The molecule has 0 bridgehead atoms. The molecule has 0 aliphatic carbocycles. The Hall–Kier alpha value is -4.32. The quantitative estimate of drug-likeness (QED) is 0.403. The lowest BCUT2D eigenvalue weighted by atomic mass is 9.71. The van der Waals surface area contributed by atoms with Crippen molar-refractivity contribution < 1.29 is 9.59 Å². The van der Waals surface area contributed by atoms with Crippen LogP contribution in [0.5, 0.6) is 0 Å². The first-order valence-corrected chi connectivity index (χ1v) is 12.6. The lowest BCUT2D eigenvalue weighted by Crippen LogP contribution is -2.53. The molecule has 1 saturated heterocycles. The fraction of sp³-hybridized carbons (Fsp3) is 0.226. The maximum Gasteiger partial charge on any atom is 0.256 e. The van der Waals surface area contributed by atoms with Gasteiger partial charge in [0.15, 0.2) is 5.82 Å². The van der Waals surface area contributed by atoms with E-state index in [-0.39, 0.29) is 17.9 Å². The fourth-order valence-electron chi connectivity index (χ4n) is 5.01. The van der Waals surface area contributed by atoms with Crippen molar-refractivity contribution in [2.75, 3.05) is 13.1 Å². The zero-order chi connectivity index (χ0) is 25.7. The molecule has 37 heavy (non-hydrogen) atoms. The van der Waals surface area contributed by atoms with E-state index >= 15 is 0 Å². The summed E-state index contributed by atoms with van der Waals surface area (Å²) in [5, 5.41) is 3.24. The van der Waals surface area contributed by atoms with Gasteiger partial charge in [-0.15, -0.1) is 0 Å². The van der Waals surface area contributed by atoms with E-state index in [4.69, 9.17) is 0 Å². The van der Waals surface area contributed by atoms with Gasteiger partial charge in [-0.05, 0) is 30.9 Å². The lowest BCUT2D eigenvalue weighted by Gasteiger charge is -2.41. The Morgan fingerprint density at radius 3 is 1.95 bits per heavy atom. The van der Waals surface area contributed by atoms with E-state index in [2.05, 4.69) is 15.3 Å². The molecule has 1 aliphatic rings. The van der Waals surface area contributed by atoms with E-state index in [9.17, 15) is 9.59 Å². The molecule has 6 heteroatoms. The van der Waals surface area contributed by atoms with Crippen LogP contribution >= 0.6 is 0 Å². The van der Waals surface area contributed by atoms with Gasteiger partial charge in [-0.3, -0.25) is 9.59 Å². The molecule has 5 rings (SSSR count). The number of piperidine rings is 1. The number of nitrogens with zero attached hydrogens (tertiary/aromatic N) is 3. The van der Waals surface area contributed by atoms with Crippen LogP contribution in [0, 0.1) is 0 Å². The predicted molar refractivity (Wildman–Crippen MR) is 144 cm³/mol. The molecule has 0 saturated carbocycles. The summed E-state index contributed by atoms with van der Waals surface area (Å²) in [6, 6.07) is 29.4. The number of aromatic nitrogens is 2. The molecule has 3 aromatic carbocycles. The third-order valence-corrected chi connectivity index (χ3v) is 7.24. The molecule has 1 atom stereocenters. The Labute approximate surface area is 217 Å². The summed E-state index contributed by atoms with van der Waals surface area (Å²) in [5.74, 6) is 0.472. The number of rotatable bonds is 6. The zero-order valence-corrected chi connectivity index (χ0v) is 20.9. The van der Waals surface area contributed by atoms with Crippen molar-refractivity contribution in [1.82, 2.24) is 20.2 Å². The monoisotopic (exact) mass is 490 g/mol. The zero-order valence-electron chi connectivity index (χ0n) is 20.9. The minimum atomic E-state index is -0.700. The second-order valence-electron chi connectivity index (χ2n) is 9.51. The SMILES string of the molecule is CC(NC(=O)C1(c2ccccc2)CCN(C(=O)c2cnc(-c3ccccc3)nc2)CC1)c1ccccc1. The van der Waals surface area contributed by atoms with Gasteiger partial charge in [0.1, 0.15) is 0 Å². The Bertz CT molecular complexity index is 1330. The number of amides is 2. The van der Waals surface area contributed by atoms with E-state index in [1.807, 2.05) is 97.9 Å². The van der Waals surface area contributed by atoms with Gasteiger partial charge in [0.25, 0.3) is 5.91 Å². The van der Waals surface area contributed by atoms with Gasteiger partial charge in [-0.2, -0.15) is 0 Å². The third-order valence-electron chi connectivity index (χ3n) is 7.24.